The second kappa shape index (κ2) is 6.73. The Morgan fingerprint density at radius 1 is 1.26 bits per heavy atom. The quantitative estimate of drug-likeness (QED) is 0.920. The van der Waals surface area contributed by atoms with Crippen LogP contribution in [0.5, 0.6) is 5.75 Å². The topological polar surface area (TPSA) is 24.5 Å². The molecule has 106 valence electrons. The monoisotopic (exact) mass is 326 g/mol. The molecule has 0 aliphatic carbocycles. The first-order chi connectivity index (χ1) is 9.13. The Morgan fingerprint density at radius 2 is 1.95 bits per heavy atom. The van der Waals surface area contributed by atoms with E-state index in [1.807, 2.05) is 0 Å². The summed E-state index contributed by atoms with van der Waals surface area (Å²) in [6.07, 6.45) is 1.05. The maximum absolute atomic E-state index is 5.60. The predicted octanol–water partition coefficient (Wildman–Crippen LogP) is 2.52. The van der Waals surface area contributed by atoms with Gasteiger partial charge in [0.25, 0.3) is 0 Å². The number of methoxy groups -OCH3 is 1. The zero-order valence-corrected chi connectivity index (χ0v) is 13.6. The third-order valence-corrected chi connectivity index (χ3v) is 4.81. The lowest BCUT2D eigenvalue weighted by Crippen LogP contribution is -2.44. The van der Waals surface area contributed by atoms with Crippen molar-refractivity contribution in [2.75, 3.05) is 39.8 Å². The van der Waals surface area contributed by atoms with Gasteiger partial charge in [0.05, 0.1) is 11.6 Å². The first kappa shape index (κ1) is 14.8. The molecule has 0 amide bonds. The summed E-state index contributed by atoms with van der Waals surface area (Å²) in [6.45, 7) is 9.90. The molecule has 0 spiro atoms. The lowest BCUT2D eigenvalue weighted by molar-refractivity contribution is 0.243. The predicted molar refractivity (Wildman–Crippen MR) is 83.2 cm³/mol. The molecule has 1 heterocycles. The minimum Gasteiger partial charge on any atom is -0.495 e. The molecule has 19 heavy (non-hydrogen) atoms. The molecule has 1 aromatic carbocycles. The number of halogens is 1. The van der Waals surface area contributed by atoms with Gasteiger partial charge < -0.3 is 15.0 Å². The Kier molecular flexibility index (Phi) is 5.25. The van der Waals surface area contributed by atoms with Gasteiger partial charge in [-0.1, -0.05) is 6.07 Å². The summed E-state index contributed by atoms with van der Waals surface area (Å²) in [7, 11) is 1.76. The fraction of sp³-hybridized carbons (Fsp3) is 0.600. The SMILES string of the molecule is COc1c(Br)c(C)cc(C)c1CCN1CCNCC1. The van der Waals surface area contributed by atoms with E-state index in [2.05, 4.69) is 46.1 Å². The van der Waals surface area contributed by atoms with E-state index in [-0.39, 0.29) is 0 Å². The summed E-state index contributed by atoms with van der Waals surface area (Å²) in [5, 5.41) is 3.39. The van der Waals surface area contributed by atoms with Crippen molar-refractivity contribution in [3.05, 3.63) is 27.2 Å². The van der Waals surface area contributed by atoms with Gasteiger partial charge in [0.15, 0.2) is 0 Å². The van der Waals surface area contributed by atoms with Gasteiger partial charge in [0, 0.05) is 32.7 Å². The first-order valence-corrected chi connectivity index (χ1v) is 7.68. The number of ether oxygens (including phenoxy) is 1. The van der Waals surface area contributed by atoms with Gasteiger partial charge in [-0.3, -0.25) is 0 Å². The number of hydrogen-bond donors (Lipinski definition) is 1. The molecule has 1 saturated heterocycles. The van der Waals surface area contributed by atoms with Crippen LogP contribution in [0.4, 0.5) is 0 Å². The van der Waals surface area contributed by atoms with Crippen LogP contribution in [-0.4, -0.2) is 44.7 Å². The van der Waals surface area contributed by atoms with Crippen LogP contribution in [0.15, 0.2) is 10.5 Å². The van der Waals surface area contributed by atoms with Gasteiger partial charge in [-0.25, -0.2) is 0 Å². The highest BCUT2D eigenvalue weighted by atomic mass is 79.9. The van der Waals surface area contributed by atoms with Gasteiger partial charge in [-0.05, 0) is 52.9 Å². The number of rotatable bonds is 4. The fourth-order valence-corrected chi connectivity index (χ4v) is 3.21. The lowest BCUT2D eigenvalue weighted by Gasteiger charge is -2.27. The van der Waals surface area contributed by atoms with E-state index >= 15 is 0 Å². The van der Waals surface area contributed by atoms with Gasteiger partial charge in [-0.15, -0.1) is 0 Å². The summed E-state index contributed by atoms with van der Waals surface area (Å²) >= 11 is 3.64. The zero-order chi connectivity index (χ0) is 13.8. The Labute approximate surface area is 124 Å². The molecule has 0 saturated carbocycles. The fourth-order valence-electron chi connectivity index (χ4n) is 2.69. The van der Waals surface area contributed by atoms with Crippen LogP contribution in [0.1, 0.15) is 16.7 Å². The van der Waals surface area contributed by atoms with Crippen LogP contribution in [0.2, 0.25) is 0 Å². The maximum Gasteiger partial charge on any atom is 0.136 e. The van der Waals surface area contributed by atoms with Crippen LogP contribution in [0.3, 0.4) is 0 Å². The molecule has 0 atom stereocenters. The molecule has 2 rings (SSSR count). The van der Waals surface area contributed by atoms with E-state index in [4.69, 9.17) is 4.74 Å². The van der Waals surface area contributed by atoms with Crippen molar-refractivity contribution < 1.29 is 4.74 Å². The number of hydrogen-bond acceptors (Lipinski definition) is 3. The first-order valence-electron chi connectivity index (χ1n) is 6.89. The second-order valence-corrected chi connectivity index (χ2v) is 5.97. The molecule has 3 nitrogen and oxygen atoms in total. The van der Waals surface area contributed by atoms with Crippen molar-refractivity contribution in [3.63, 3.8) is 0 Å². The molecule has 1 N–H and O–H groups in total. The number of aryl methyl sites for hydroxylation is 2. The standard InChI is InChI=1S/C15H23BrN2O/c1-11-10-12(2)14(16)15(19-3)13(11)4-7-18-8-5-17-6-9-18/h10,17H,4-9H2,1-3H3. The molecule has 1 fully saturated rings. The molecule has 1 aromatic rings. The molecule has 1 aliphatic heterocycles. The normalized spacial score (nSPS) is 16.6. The number of nitrogens with one attached hydrogen (secondary N) is 1. The molecule has 4 heteroatoms. The van der Waals surface area contributed by atoms with Crippen molar-refractivity contribution in [1.82, 2.24) is 10.2 Å². The Hall–Kier alpha value is -0.580. The third-order valence-electron chi connectivity index (χ3n) is 3.82. The van der Waals surface area contributed by atoms with E-state index in [9.17, 15) is 0 Å². The zero-order valence-electron chi connectivity index (χ0n) is 12.1. The highest BCUT2D eigenvalue weighted by molar-refractivity contribution is 9.10. The van der Waals surface area contributed by atoms with Gasteiger partial charge in [0.1, 0.15) is 5.75 Å². The number of piperazine rings is 1. The summed E-state index contributed by atoms with van der Waals surface area (Å²) in [5.41, 5.74) is 3.89. The molecular weight excluding hydrogens is 304 g/mol. The minimum absolute atomic E-state index is 1.01. The minimum atomic E-state index is 1.01. The Bertz CT molecular complexity index is 442. The van der Waals surface area contributed by atoms with E-state index in [1.165, 1.54) is 16.7 Å². The average Bonchev–Trinajstić information content (AvgIpc) is 2.42. The van der Waals surface area contributed by atoms with Crippen LogP contribution >= 0.6 is 15.9 Å². The largest absolute Gasteiger partial charge is 0.495 e. The Morgan fingerprint density at radius 3 is 2.58 bits per heavy atom. The van der Waals surface area contributed by atoms with Crippen LogP contribution in [0, 0.1) is 13.8 Å². The average molecular weight is 327 g/mol. The maximum atomic E-state index is 5.60. The van der Waals surface area contributed by atoms with Crippen molar-refractivity contribution in [1.29, 1.82) is 0 Å². The number of nitrogens with zero attached hydrogens (tertiary/aromatic N) is 1. The molecule has 0 bridgehead atoms. The van der Waals surface area contributed by atoms with Crippen molar-refractivity contribution in [2.24, 2.45) is 0 Å². The Balaban J connectivity index is 2.12. The second-order valence-electron chi connectivity index (χ2n) is 5.18. The van der Waals surface area contributed by atoms with Crippen molar-refractivity contribution >= 4 is 15.9 Å². The lowest BCUT2D eigenvalue weighted by atomic mass is 10.0. The van der Waals surface area contributed by atoms with E-state index in [0.29, 0.717) is 0 Å². The third kappa shape index (κ3) is 3.50. The van der Waals surface area contributed by atoms with E-state index < -0.39 is 0 Å². The molecule has 0 aromatic heterocycles. The van der Waals surface area contributed by atoms with E-state index in [0.717, 1.165) is 49.4 Å². The van der Waals surface area contributed by atoms with Crippen molar-refractivity contribution in [2.45, 2.75) is 20.3 Å². The molecule has 0 unspecified atom stereocenters. The van der Waals surface area contributed by atoms with Gasteiger partial charge >= 0.3 is 0 Å². The smallest absolute Gasteiger partial charge is 0.136 e. The summed E-state index contributed by atoms with van der Waals surface area (Å²) in [5.74, 6) is 1.01. The molecular formula is C15H23BrN2O. The highest BCUT2D eigenvalue weighted by Crippen LogP contribution is 2.34. The van der Waals surface area contributed by atoms with Gasteiger partial charge in [-0.2, -0.15) is 0 Å². The molecule has 0 radical (unpaired) electrons. The summed E-state index contributed by atoms with van der Waals surface area (Å²) in [4.78, 5) is 2.52. The summed E-state index contributed by atoms with van der Waals surface area (Å²) in [6, 6.07) is 2.24. The van der Waals surface area contributed by atoms with Crippen LogP contribution < -0.4 is 10.1 Å². The van der Waals surface area contributed by atoms with Crippen LogP contribution in [-0.2, 0) is 6.42 Å². The van der Waals surface area contributed by atoms with Gasteiger partial charge in [0.2, 0.25) is 0 Å². The highest BCUT2D eigenvalue weighted by Gasteiger charge is 2.15. The van der Waals surface area contributed by atoms with Crippen molar-refractivity contribution in [3.8, 4) is 5.75 Å². The molecule has 1 aliphatic rings. The van der Waals surface area contributed by atoms with E-state index in [1.54, 1.807) is 7.11 Å². The number of benzene rings is 1. The summed E-state index contributed by atoms with van der Waals surface area (Å²) < 4.78 is 6.69. The van der Waals surface area contributed by atoms with Crippen LogP contribution in [0.25, 0.3) is 0 Å².